The number of nitriles is 1. The number of amidine groups is 1. The summed E-state index contributed by atoms with van der Waals surface area (Å²) in [5, 5.41) is 20.7. The number of carbonyl (C=O) groups excluding carboxylic acids is 1. The Balaban J connectivity index is 1.83. The van der Waals surface area contributed by atoms with Crippen molar-refractivity contribution in [2.24, 2.45) is 4.99 Å². The second-order valence-electron chi connectivity index (χ2n) is 5.81. The molecule has 10 heteroatoms. The quantitative estimate of drug-likeness (QED) is 0.591. The first-order valence-corrected chi connectivity index (χ1v) is 10.0. The number of nitrogens with one attached hydrogen (secondary N) is 1. The Morgan fingerprint density at radius 1 is 1.37 bits per heavy atom. The van der Waals surface area contributed by atoms with Gasteiger partial charge in [0.25, 0.3) is 5.91 Å². The molecule has 1 aliphatic heterocycles. The van der Waals surface area contributed by atoms with Crippen LogP contribution in [0.3, 0.4) is 0 Å². The summed E-state index contributed by atoms with van der Waals surface area (Å²) < 4.78 is 11.3. The Labute approximate surface area is 184 Å². The van der Waals surface area contributed by atoms with E-state index in [2.05, 4.69) is 26.2 Å². The van der Waals surface area contributed by atoms with Crippen molar-refractivity contribution in [2.75, 3.05) is 13.7 Å². The van der Waals surface area contributed by atoms with E-state index in [4.69, 9.17) is 19.8 Å². The average Bonchev–Trinajstić information content (AvgIpc) is 3.05. The third kappa shape index (κ3) is 5.00. The van der Waals surface area contributed by atoms with Gasteiger partial charge in [0.1, 0.15) is 6.07 Å². The van der Waals surface area contributed by atoms with Gasteiger partial charge in [-0.05, 0) is 75.7 Å². The van der Waals surface area contributed by atoms with Gasteiger partial charge in [-0.1, -0.05) is 0 Å². The van der Waals surface area contributed by atoms with Crippen molar-refractivity contribution in [3.05, 3.63) is 56.9 Å². The number of rotatable bonds is 6. The van der Waals surface area contributed by atoms with Crippen LogP contribution in [0.4, 0.5) is 5.69 Å². The summed E-state index contributed by atoms with van der Waals surface area (Å²) in [5.74, 6) is -0.506. The van der Waals surface area contributed by atoms with Crippen LogP contribution in [0.5, 0.6) is 11.5 Å². The van der Waals surface area contributed by atoms with Crippen molar-refractivity contribution in [1.82, 2.24) is 5.32 Å². The summed E-state index contributed by atoms with van der Waals surface area (Å²) in [4.78, 5) is 28.0. The van der Waals surface area contributed by atoms with Crippen LogP contribution in [0.25, 0.3) is 6.08 Å². The molecule has 1 saturated heterocycles. The molecule has 0 atom stereocenters. The van der Waals surface area contributed by atoms with Crippen LogP contribution in [-0.4, -0.2) is 35.9 Å². The van der Waals surface area contributed by atoms with Crippen LogP contribution in [0, 0.1) is 11.3 Å². The molecule has 1 fully saturated rings. The third-order valence-electron chi connectivity index (χ3n) is 3.83. The smallest absolute Gasteiger partial charge is 0.335 e. The van der Waals surface area contributed by atoms with Gasteiger partial charge >= 0.3 is 5.97 Å². The number of benzene rings is 2. The lowest BCUT2D eigenvalue weighted by molar-refractivity contribution is -0.115. The highest BCUT2D eigenvalue weighted by Crippen LogP contribution is 2.38. The van der Waals surface area contributed by atoms with Gasteiger partial charge < -0.3 is 19.9 Å². The molecule has 0 saturated carbocycles. The van der Waals surface area contributed by atoms with Gasteiger partial charge in [0.15, 0.2) is 23.3 Å². The zero-order valence-electron chi connectivity index (χ0n) is 15.5. The molecule has 0 aliphatic carbocycles. The molecule has 3 rings (SSSR count). The molecule has 2 aromatic rings. The lowest BCUT2D eigenvalue weighted by atomic mass is 10.2. The molecule has 0 radical (unpaired) electrons. The fourth-order valence-electron chi connectivity index (χ4n) is 2.50. The highest BCUT2D eigenvalue weighted by molar-refractivity contribution is 9.10. The van der Waals surface area contributed by atoms with E-state index in [0.29, 0.717) is 37.3 Å². The third-order valence-corrected chi connectivity index (χ3v) is 5.33. The first-order chi connectivity index (χ1) is 14.4. The van der Waals surface area contributed by atoms with Crippen molar-refractivity contribution in [2.45, 2.75) is 0 Å². The van der Waals surface area contributed by atoms with Crippen LogP contribution in [0.2, 0.25) is 0 Å². The van der Waals surface area contributed by atoms with Gasteiger partial charge in [0, 0.05) is 0 Å². The molecule has 152 valence electrons. The lowest BCUT2D eigenvalue weighted by Crippen LogP contribution is -2.19. The van der Waals surface area contributed by atoms with Gasteiger partial charge in [-0.3, -0.25) is 4.79 Å². The standard InChI is InChI=1S/C20H14BrN3O5S/c1-28-15-9-11(8-14(21)17(15)29-7-6-22)10-16-18(25)24-20(30-16)23-13-4-2-12(3-5-13)19(26)27/h2-5,8-10H,7H2,1H3,(H,26,27)(H,23,24,25)/b16-10+. The van der Waals surface area contributed by atoms with E-state index in [-0.39, 0.29) is 18.1 Å². The highest BCUT2D eigenvalue weighted by atomic mass is 79.9. The number of carbonyl (C=O) groups is 2. The number of methoxy groups -OCH3 is 1. The minimum Gasteiger partial charge on any atom is -0.493 e. The number of ether oxygens (including phenoxy) is 2. The molecule has 8 nitrogen and oxygen atoms in total. The van der Waals surface area contributed by atoms with Crippen molar-refractivity contribution < 1.29 is 24.2 Å². The number of aliphatic imine (C=N–C) groups is 1. The van der Waals surface area contributed by atoms with E-state index in [1.165, 1.54) is 19.2 Å². The highest BCUT2D eigenvalue weighted by Gasteiger charge is 2.24. The number of nitrogens with zero attached hydrogens (tertiary/aromatic N) is 2. The van der Waals surface area contributed by atoms with Gasteiger partial charge in [-0.25, -0.2) is 9.79 Å². The Hall–Kier alpha value is -3.29. The summed E-state index contributed by atoms with van der Waals surface area (Å²) in [5.41, 5.74) is 1.37. The Bertz CT molecular complexity index is 1110. The number of amides is 1. The summed E-state index contributed by atoms with van der Waals surface area (Å²) in [6.07, 6.45) is 1.68. The SMILES string of the molecule is COc1cc(/C=C2/SC(=Nc3ccc(C(=O)O)cc3)NC2=O)cc(Br)c1OCC#N. The van der Waals surface area contributed by atoms with Gasteiger partial charge in [0.2, 0.25) is 0 Å². The molecule has 0 spiro atoms. The lowest BCUT2D eigenvalue weighted by Gasteiger charge is -2.11. The summed E-state index contributed by atoms with van der Waals surface area (Å²) >= 11 is 4.55. The maximum Gasteiger partial charge on any atom is 0.335 e. The summed E-state index contributed by atoms with van der Waals surface area (Å²) in [7, 11) is 1.48. The normalized spacial score (nSPS) is 15.7. The second-order valence-corrected chi connectivity index (χ2v) is 7.70. The number of thioether (sulfide) groups is 1. The van der Waals surface area contributed by atoms with E-state index in [1.54, 1.807) is 30.3 Å². The Kier molecular flexibility index (Phi) is 6.76. The first-order valence-electron chi connectivity index (χ1n) is 8.41. The number of carboxylic acid groups (broad SMARTS) is 1. The van der Waals surface area contributed by atoms with Gasteiger partial charge in [0.05, 0.1) is 27.7 Å². The monoisotopic (exact) mass is 487 g/mol. The summed E-state index contributed by atoms with van der Waals surface area (Å²) in [6, 6.07) is 11.3. The Morgan fingerprint density at radius 3 is 2.73 bits per heavy atom. The van der Waals surface area contributed by atoms with E-state index in [1.807, 2.05) is 6.07 Å². The predicted molar refractivity (Wildman–Crippen MR) is 116 cm³/mol. The fraction of sp³-hybridized carbons (Fsp3) is 0.100. The molecule has 1 aliphatic rings. The van der Waals surface area contributed by atoms with Crippen molar-refractivity contribution in [3.63, 3.8) is 0 Å². The maximum atomic E-state index is 12.3. The number of hydrogen-bond donors (Lipinski definition) is 2. The molecular weight excluding hydrogens is 474 g/mol. The molecule has 0 aromatic heterocycles. The number of aromatic carboxylic acids is 1. The summed E-state index contributed by atoms with van der Waals surface area (Å²) in [6.45, 7) is -0.124. The predicted octanol–water partition coefficient (Wildman–Crippen LogP) is 3.95. The minimum absolute atomic E-state index is 0.124. The molecule has 2 aromatic carbocycles. The number of hydrogen-bond acceptors (Lipinski definition) is 7. The van der Waals surface area contributed by atoms with Crippen LogP contribution in [0.1, 0.15) is 15.9 Å². The van der Waals surface area contributed by atoms with Crippen LogP contribution < -0.4 is 14.8 Å². The van der Waals surface area contributed by atoms with Crippen LogP contribution >= 0.6 is 27.7 Å². The van der Waals surface area contributed by atoms with Crippen molar-refractivity contribution >= 4 is 56.5 Å². The van der Waals surface area contributed by atoms with Gasteiger partial charge in [-0.2, -0.15) is 5.26 Å². The van der Waals surface area contributed by atoms with Crippen LogP contribution in [0.15, 0.2) is 50.8 Å². The Morgan fingerprint density at radius 2 is 2.10 bits per heavy atom. The number of carboxylic acids is 1. The number of halogens is 1. The molecule has 1 amide bonds. The maximum absolute atomic E-state index is 12.3. The van der Waals surface area contributed by atoms with E-state index >= 15 is 0 Å². The zero-order chi connectivity index (χ0) is 21.7. The van der Waals surface area contributed by atoms with E-state index < -0.39 is 5.97 Å². The average molecular weight is 488 g/mol. The van der Waals surface area contributed by atoms with Crippen LogP contribution in [-0.2, 0) is 4.79 Å². The molecule has 2 N–H and O–H groups in total. The molecule has 1 heterocycles. The second kappa shape index (κ2) is 9.47. The molecular formula is C20H14BrN3O5S. The van der Waals surface area contributed by atoms with Gasteiger partial charge in [-0.15, -0.1) is 0 Å². The topological polar surface area (TPSA) is 121 Å². The zero-order valence-corrected chi connectivity index (χ0v) is 17.9. The minimum atomic E-state index is -1.02. The molecule has 0 bridgehead atoms. The van der Waals surface area contributed by atoms with Crippen molar-refractivity contribution in [3.8, 4) is 17.6 Å². The first kappa shape index (κ1) is 21.4. The van der Waals surface area contributed by atoms with E-state index in [9.17, 15) is 9.59 Å². The molecule has 30 heavy (non-hydrogen) atoms. The van der Waals surface area contributed by atoms with Crippen molar-refractivity contribution in [1.29, 1.82) is 5.26 Å². The molecule has 0 unspecified atom stereocenters. The largest absolute Gasteiger partial charge is 0.493 e. The van der Waals surface area contributed by atoms with E-state index in [0.717, 1.165) is 11.8 Å². The fourth-order valence-corrected chi connectivity index (χ4v) is 3.91.